The molecular weight excluding hydrogens is 362 g/mol. The molecule has 0 saturated carbocycles. The van der Waals surface area contributed by atoms with Crippen molar-refractivity contribution in [2.45, 2.75) is 26.1 Å². The SMILES string of the molecule is C[C@H](C(=O)NCc1nccs1)N1Cc2ccc(-c3cccnc3)nc2C1=O. The number of hydrogen-bond acceptors (Lipinski definition) is 6. The summed E-state index contributed by atoms with van der Waals surface area (Å²) in [5, 5.41) is 5.52. The van der Waals surface area contributed by atoms with Crippen molar-refractivity contribution < 1.29 is 9.59 Å². The summed E-state index contributed by atoms with van der Waals surface area (Å²) in [7, 11) is 0. The molecule has 2 amide bonds. The molecule has 8 heteroatoms. The van der Waals surface area contributed by atoms with Gasteiger partial charge < -0.3 is 10.2 Å². The Morgan fingerprint density at radius 3 is 2.96 bits per heavy atom. The fourth-order valence-electron chi connectivity index (χ4n) is 2.97. The average molecular weight is 379 g/mol. The van der Waals surface area contributed by atoms with Crippen LogP contribution in [0.25, 0.3) is 11.3 Å². The van der Waals surface area contributed by atoms with Crippen molar-refractivity contribution in [2.24, 2.45) is 0 Å². The molecule has 3 aromatic rings. The molecule has 0 unspecified atom stereocenters. The molecule has 0 bridgehead atoms. The Labute approximate surface area is 160 Å². The molecule has 0 saturated heterocycles. The molecule has 27 heavy (non-hydrogen) atoms. The fraction of sp³-hybridized carbons (Fsp3) is 0.211. The van der Waals surface area contributed by atoms with Gasteiger partial charge in [0.25, 0.3) is 5.91 Å². The number of aromatic nitrogens is 3. The lowest BCUT2D eigenvalue weighted by Gasteiger charge is -2.22. The number of amides is 2. The van der Waals surface area contributed by atoms with Gasteiger partial charge in [0.1, 0.15) is 16.7 Å². The van der Waals surface area contributed by atoms with E-state index in [2.05, 4.69) is 20.3 Å². The summed E-state index contributed by atoms with van der Waals surface area (Å²) >= 11 is 1.48. The number of nitrogens with zero attached hydrogens (tertiary/aromatic N) is 4. The third kappa shape index (κ3) is 3.43. The summed E-state index contributed by atoms with van der Waals surface area (Å²) in [6.45, 7) is 2.46. The predicted molar refractivity (Wildman–Crippen MR) is 101 cm³/mol. The Morgan fingerprint density at radius 1 is 1.33 bits per heavy atom. The van der Waals surface area contributed by atoms with Crippen molar-refractivity contribution in [1.82, 2.24) is 25.2 Å². The molecule has 0 aromatic carbocycles. The van der Waals surface area contributed by atoms with Crippen LogP contribution in [0.2, 0.25) is 0 Å². The number of rotatable bonds is 5. The van der Waals surface area contributed by atoms with Crippen molar-refractivity contribution in [1.29, 1.82) is 0 Å². The Balaban J connectivity index is 1.48. The summed E-state index contributed by atoms with van der Waals surface area (Å²) in [5.74, 6) is -0.438. The van der Waals surface area contributed by atoms with Crippen LogP contribution in [-0.4, -0.2) is 37.7 Å². The third-order valence-electron chi connectivity index (χ3n) is 4.48. The maximum Gasteiger partial charge on any atom is 0.273 e. The van der Waals surface area contributed by atoms with Gasteiger partial charge in [0.15, 0.2) is 0 Å². The van der Waals surface area contributed by atoms with Gasteiger partial charge in [-0.2, -0.15) is 0 Å². The zero-order valence-electron chi connectivity index (χ0n) is 14.6. The van der Waals surface area contributed by atoms with E-state index in [-0.39, 0.29) is 11.8 Å². The number of thiazole rings is 1. The minimum Gasteiger partial charge on any atom is -0.348 e. The van der Waals surface area contributed by atoms with E-state index in [0.717, 1.165) is 16.1 Å². The molecule has 136 valence electrons. The minimum absolute atomic E-state index is 0.209. The predicted octanol–water partition coefficient (Wildman–Crippen LogP) is 2.26. The van der Waals surface area contributed by atoms with Crippen LogP contribution >= 0.6 is 11.3 Å². The molecule has 4 rings (SSSR count). The Kier molecular flexibility index (Phi) is 4.64. The third-order valence-corrected chi connectivity index (χ3v) is 5.26. The van der Waals surface area contributed by atoms with Gasteiger partial charge in [-0.3, -0.25) is 14.6 Å². The highest BCUT2D eigenvalue weighted by molar-refractivity contribution is 7.09. The second-order valence-corrected chi connectivity index (χ2v) is 7.18. The van der Waals surface area contributed by atoms with E-state index in [9.17, 15) is 9.59 Å². The topological polar surface area (TPSA) is 88.1 Å². The second kappa shape index (κ2) is 7.24. The highest BCUT2D eigenvalue weighted by Crippen LogP contribution is 2.26. The minimum atomic E-state index is -0.589. The maximum atomic E-state index is 12.8. The summed E-state index contributed by atoms with van der Waals surface area (Å²) in [4.78, 5) is 39.6. The van der Waals surface area contributed by atoms with Crippen LogP contribution in [0.1, 0.15) is 28.0 Å². The molecule has 0 radical (unpaired) electrons. The molecule has 4 heterocycles. The molecule has 1 N–H and O–H groups in total. The molecule has 3 aromatic heterocycles. The van der Waals surface area contributed by atoms with Crippen LogP contribution in [0, 0.1) is 0 Å². The lowest BCUT2D eigenvalue weighted by Crippen LogP contribution is -2.45. The van der Waals surface area contributed by atoms with Crippen LogP contribution in [0.15, 0.2) is 48.2 Å². The van der Waals surface area contributed by atoms with Crippen LogP contribution in [0.3, 0.4) is 0 Å². The van der Waals surface area contributed by atoms with Gasteiger partial charge in [-0.15, -0.1) is 11.3 Å². The largest absolute Gasteiger partial charge is 0.348 e. The lowest BCUT2D eigenvalue weighted by atomic mass is 10.1. The van der Waals surface area contributed by atoms with Gasteiger partial charge in [-0.05, 0) is 25.1 Å². The van der Waals surface area contributed by atoms with Gasteiger partial charge in [0.05, 0.1) is 12.2 Å². The zero-order chi connectivity index (χ0) is 18.8. The number of nitrogens with one attached hydrogen (secondary N) is 1. The van der Waals surface area contributed by atoms with Gasteiger partial charge in [0.2, 0.25) is 5.91 Å². The molecule has 7 nitrogen and oxygen atoms in total. The van der Waals surface area contributed by atoms with E-state index in [1.54, 1.807) is 30.4 Å². The average Bonchev–Trinajstić information content (AvgIpc) is 3.34. The van der Waals surface area contributed by atoms with Crippen molar-refractivity contribution >= 4 is 23.2 Å². The first-order chi connectivity index (χ1) is 13.1. The van der Waals surface area contributed by atoms with E-state index in [4.69, 9.17) is 0 Å². The second-order valence-electron chi connectivity index (χ2n) is 6.20. The first kappa shape index (κ1) is 17.3. The number of carbonyl (C=O) groups is 2. The van der Waals surface area contributed by atoms with E-state index < -0.39 is 6.04 Å². The summed E-state index contributed by atoms with van der Waals surface area (Å²) in [6, 6.07) is 6.90. The first-order valence-electron chi connectivity index (χ1n) is 8.51. The summed E-state index contributed by atoms with van der Waals surface area (Å²) in [5.41, 5.74) is 2.77. The number of carbonyl (C=O) groups excluding carboxylic acids is 2. The van der Waals surface area contributed by atoms with E-state index in [1.165, 1.54) is 11.3 Å². The van der Waals surface area contributed by atoms with E-state index in [0.29, 0.717) is 24.5 Å². The van der Waals surface area contributed by atoms with Crippen molar-refractivity contribution in [3.8, 4) is 11.3 Å². The summed E-state index contributed by atoms with van der Waals surface area (Å²) in [6.07, 6.45) is 5.10. The van der Waals surface area contributed by atoms with E-state index >= 15 is 0 Å². The van der Waals surface area contributed by atoms with Crippen molar-refractivity contribution in [3.63, 3.8) is 0 Å². The number of fused-ring (bicyclic) bond motifs is 1. The molecule has 1 atom stereocenters. The van der Waals surface area contributed by atoms with Crippen molar-refractivity contribution in [2.75, 3.05) is 0 Å². The van der Waals surface area contributed by atoms with Crippen LogP contribution in [0.5, 0.6) is 0 Å². The highest BCUT2D eigenvalue weighted by atomic mass is 32.1. The Hall–Kier alpha value is -3.13. The lowest BCUT2D eigenvalue weighted by molar-refractivity contribution is -0.125. The molecule has 1 aliphatic rings. The number of hydrogen-bond donors (Lipinski definition) is 1. The van der Waals surface area contributed by atoms with Gasteiger partial charge in [-0.1, -0.05) is 6.07 Å². The monoisotopic (exact) mass is 379 g/mol. The zero-order valence-corrected chi connectivity index (χ0v) is 15.4. The highest BCUT2D eigenvalue weighted by Gasteiger charge is 2.35. The number of pyridine rings is 2. The first-order valence-corrected chi connectivity index (χ1v) is 9.39. The van der Waals surface area contributed by atoms with Crippen LogP contribution in [-0.2, 0) is 17.9 Å². The quantitative estimate of drug-likeness (QED) is 0.735. The molecule has 0 aliphatic carbocycles. The van der Waals surface area contributed by atoms with E-state index in [1.807, 2.05) is 29.6 Å². The van der Waals surface area contributed by atoms with Crippen LogP contribution < -0.4 is 5.32 Å². The molecular formula is C19H17N5O2S. The molecule has 1 aliphatic heterocycles. The summed E-state index contributed by atoms with van der Waals surface area (Å²) < 4.78 is 0. The molecule has 0 spiro atoms. The molecule has 0 fully saturated rings. The Bertz CT molecular complexity index is 975. The fourth-order valence-corrected chi connectivity index (χ4v) is 3.53. The standard InChI is InChI=1S/C19H17N5O2S/c1-12(18(25)22-10-16-21-7-8-27-16)24-11-14-4-5-15(23-17(14)19(24)26)13-3-2-6-20-9-13/h2-9,12H,10-11H2,1H3,(H,22,25)/t12-/m1/s1. The smallest absolute Gasteiger partial charge is 0.273 e. The van der Waals surface area contributed by atoms with Gasteiger partial charge in [0, 0.05) is 41.6 Å². The van der Waals surface area contributed by atoms with Crippen molar-refractivity contribution in [3.05, 3.63) is 64.5 Å². The Morgan fingerprint density at radius 2 is 2.22 bits per heavy atom. The maximum absolute atomic E-state index is 12.8. The van der Waals surface area contributed by atoms with Gasteiger partial charge >= 0.3 is 0 Å². The normalized spacial score (nSPS) is 14.1. The van der Waals surface area contributed by atoms with Gasteiger partial charge in [-0.25, -0.2) is 9.97 Å². The van der Waals surface area contributed by atoms with Crippen LogP contribution in [0.4, 0.5) is 0 Å².